The van der Waals surface area contributed by atoms with Gasteiger partial charge in [-0.3, -0.25) is 4.79 Å². The van der Waals surface area contributed by atoms with Gasteiger partial charge in [-0.2, -0.15) is 0 Å². The summed E-state index contributed by atoms with van der Waals surface area (Å²) in [7, 11) is 0. The monoisotopic (exact) mass is 266 g/mol. The SMILES string of the molecule is CC(=O)OC[C@](CO)(OCc1ccccc1)C(C)C. The third-order valence-electron chi connectivity index (χ3n) is 3.21. The van der Waals surface area contributed by atoms with Crippen LogP contribution in [0.15, 0.2) is 30.3 Å². The lowest BCUT2D eigenvalue weighted by Gasteiger charge is -2.35. The van der Waals surface area contributed by atoms with Crippen LogP contribution in [0.5, 0.6) is 0 Å². The van der Waals surface area contributed by atoms with E-state index < -0.39 is 5.60 Å². The van der Waals surface area contributed by atoms with E-state index in [0.29, 0.717) is 6.61 Å². The molecule has 4 heteroatoms. The molecule has 1 atom stereocenters. The molecule has 0 aromatic heterocycles. The maximum Gasteiger partial charge on any atom is 0.302 e. The zero-order chi connectivity index (χ0) is 14.3. The average molecular weight is 266 g/mol. The summed E-state index contributed by atoms with van der Waals surface area (Å²) >= 11 is 0. The molecule has 0 fully saturated rings. The molecular weight excluding hydrogens is 244 g/mol. The lowest BCUT2D eigenvalue weighted by Crippen LogP contribution is -2.47. The number of benzene rings is 1. The Morgan fingerprint density at radius 2 is 1.95 bits per heavy atom. The van der Waals surface area contributed by atoms with E-state index in [0.717, 1.165) is 5.56 Å². The normalized spacial score (nSPS) is 14.2. The Bertz CT molecular complexity index is 388. The van der Waals surface area contributed by atoms with Crippen molar-refractivity contribution in [3.8, 4) is 0 Å². The van der Waals surface area contributed by atoms with Crippen molar-refractivity contribution in [2.24, 2.45) is 5.92 Å². The molecule has 0 heterocycles. The standard InChI is InChI=1S/C15H22O4/c1-12(2)15(10-16,11-18-13(3)17)19-9-14-7-5-4-6-8-14/h4-8,12,16H,9-11H2,1-3H3/t15-/m0/s1. The summed E-state index contributed by atoms with van der Waals surface area (Å²) < 4.78 is 10.9. The van der Waals surface area contributed by atoms with E-state index in [1.165, 1.54) is 6.92 Å². The number of aliphatic hydroxyl groups excluding tert-OH is 1. The Morgan fingerprint density at radius 3 is 2.42 bits per heavy atom. The number of esters is 1. The number of carbonyl (C=O) groups is 1. The maximum atomic E-state index is 10.9. The molecular formula is C15H22O4. The van der Waals surface area contributed by atoms with Gasteiger partial charge < -0.3 is 14.6 Å². The molecule has 0 saturated carbocycles. The lowest BCUT2D eigenvalue weighted by molar-refractivity contribution is -0.171. The fourth-order valence-electron chi connectivity index (χ4n) is 1.67. The zero-order valence-electron chi connectivity index (χ0n) is 11.8. The first-order valence-electron chi connectivity index (χ1n) is 6.42. The predicted molar refractivity (Wildman–Crippen MR) is 72.5 cm³/mol. The average Bonchev–Trinajstić information content (AvgIpc) is 2.40. The Hall–Kier alpha value is -1.39. The van der Waals surface area contributed by atoms with Gasteiger partial charge in [0.25, 0.3) is 0 Å². The van der Waals surface area contributed by atoms with Crippen LogP contribution in [0.1, 0.15) is 26.3 Å². The Balaban J connectivity index is 2.70. The third kappa shape index (κ3) is 4.65. The molecule has 0 unspecified atom stereocenters. The molecule has 0 aliphatic rings. The molecule has 106 valence electrons. The minimum Gasteiger partial charge on any atom is -0.463 e. The van der Waals surface area contributed by atoms with Crippen molar-refractivity contribution in [3.05, 3.63) is 35.9 Å². The van der Waals surface area contributed by atoms with Gasteiger partial charge in [0.15, 0.2) is 0 Å². The van der Waals surface area contributed by atoms with Gasteiger partial charge in [0.1, 0.15) is 12.2 Å². The molecule has 0 amide bonds. The molecule has 0 radical (unpaired) electrons. The van der Waals surface area contributed by atoms with Crippen molar-refractivity contribution in [2.75, 3.05) is 13.2 Å². The fourth-order valence-corrected chi connectivity index (χ4v) is 1.67. The van der Waals surface area contributed by atoms with Gasteiger partial charge in [-0.15, -0.1) is 0 Å². The fraction of sp³-hybridized carbons (Fsp3) is 0.533. The molecule has 0 spiro atoms. The molecule has 19 heavy (non-hydrogen) atoms. The van der Waals surface area contributed by atoms with E-state index in [1.54, 1.807) is 0 Å². The van der Waals surface area contributed by atoms with Crippen LogP contribution < -0.4 is 0 Å². The van der Waals surface area contributed by atoms with Crippen molar-refractivity contribution in [1.82, 2.24) is 0 Å². The molecule has 0 aliphatic heterocycles. The van der Waals surface area contributed by atoms with E-state index in [1.807, 2.05) is 44.2 Å². The first-order chi connectivity index (χ1) is 9.00. The van der Waals surface area contributed by atoms with Crippen LogP contribution >= 0.6 is 0 Å². The second kappa shape index (κ2) is 7.26. The third-order valence-corrected chi connectivity index (χ3v) is 3.21. The highest BCUT2D eigenvalue weighted by molar-refractivity contribution is 5.65. The van der Waals surface area contributed by atoms with Crippen molar-refractivity contribution < 1.29 is 19.4 Å². The summed E-state index contributed by atoms with van der Waals surface area (Å²) in [5.41, 5.74) is 0.158. The molecule has 1 rings (SSSR count). The number of ether oxygens (including phenoxy) is 2. The molecule has 1 aromatic rings. The highest BCUT2D eigenvalue weighted by Gasteiger charge is 2.36. The Labute approximate surface area is 114 Å². The van der Waals surface area contributed by atoms with Crippen LogP contribution in [0.2, 0.25) is 0 Å². The molecule has 0 saturated heterocycles. The molecule has 1 aromatic carbocycles. The summed E-state index contributed by atoms with van der Waals surface area (Å²) in [6.07, 6.45) is 0. The van der Waals surface area contributed by atoms with Gasteiger partial charge in [-0.1, -0.05) is 44.2 Å². The van der Waals surface area contributed by atoms with Crippen molar-refractivity contribution in [2.45, 2.75) is 33.0 Å². The number of hydrogen-bond donors (Lipinski definition) is 1. The van der Waals surface area contributed by atoms with Crippen molar-refractivity contribution in [1.29, 1.82) is 0 Å². The highest BCUT2D eigenvalue weighted by atomic mass is 16.6. The van der Waals surface area contributed by atoms with Crippen LogP contribution in [0.4, 0.5) is 0 Å². The van der Waals surface area contributed by atoms with Gasteiger partial charge >= 0.3 is 5.97 Å². The minimum atomic E-state index is -0.860. The van der Waals surface area contributed by atoms with E-state index >= 15 is 0 Å². The van der Waals surface area contributed by atoms with Gasteiger partial charge in [0, 0.05) is 6.92 Å². The van der Waals surface area contributed by atoms with Crippen LogP contribution in [0, 0.1) is 5.92 Å². The Morgan fingerprint density at radius 1 is 1.32 bits per heavy atom. The number of aliphatic hydroxyl groups is 1. The van der Waals surface area contributed by atoms with E-state index in [9.17, 15) is 9.90 Å². The highest BCUT2D eigenvalue weighted by Crippen LogP contribution is 2.24. The quantitative estimate of drug-likeness (QED) is 0.768. The predicted octanol–water partition coefficient (Wildman–Crippen LogP) is 2.15. The summed E-state index contributed by atoms with van der Waals surface area (Å²) in [5, 5.41) is 9.62. The van der Waals surface area contributed by atoms with Gasteiger partial charge in [-0.25, -0.2) is 0 Å². The zero-order valence-corrected chi connectivity index (χ0v) is 11.8. The summed E-state index contributed by atoms with van der Waals surface area (Å²) in [4.78, 5) is 10.9. The summed E-state index contributed by atoms with van der Waals surface area (Å²) in [6.45, 7) is 5.46. The van der Waals surface area contributed by atoms with Crippen molar-refractivity contribution >= 4 is 5.97 Å². The van der Waals surface area contributed by atoms with Crippen LogP contribution in [-0.2, 0) is 20.9 Å². The molecule has 4 nitrogen and oxygen atoms in total. The summed E-state index contributed by atoms with van der Waals surface area (Å²) in [5.74, 6) is -0.345. The minimum absolute atomic E-state index is 0.0283. The van der Waals surface area contributed by atoms with Gasteiger partial charge in [-0.05, 0) is 11.5 Å². The van der Waals surface area contributed by atoms with E-state index in [-0.39, 0.29) is 25.1 Å². The van der Waals surface area contributed by atoms with Gasteiger partial charge in [0.2, 0.25) is 0 Å². The number of rotatable bonds is 7. The van der Waals surface area contributed by atoms with E-state index in [2.05, 4.69) is 0 Å². The maximum absolute atomic E-state index is 10.9. The van der Waals surface area contributed by atoms with E-state index in [4.69, 9.17) is 9.47 Å². The molecule has 1 N–H and O–H groups in total. The van der Waals surface area contributed by atoms with Crippen molar-refractivity contribution in [3.63, 3.8) is 0 Å². The molecule has 0 bridgehead atoms. The van der Waals surface area contributed by atoms with Crippen LogP contribution in [0.3, 0.4) is 0 Å². The number of hydrogen-bond acceptors (Lipinski definition) is 4. The topological polar surface area (TPSA) is 55.8 Å². The summed E-state index contributed by atoms with van der Waals surface area (Å²) in [6, 6.07) is 9.70. The second-order valence-electron chi connectivity index (χ2n) is 4.93. The Kier molecular flexibility index (Phi) is 5.99. The second-order valence-corrected chi connectivity index (χ2v) is 4.93. The smallest absolute Gasteiger partial charge is 0.302 e. The molecule has 0 aliphatic carbocycles. The number of carbonyl (C=O) groups excluding carboxylic acids is 1. The lowest BCUT2D eigenvalue weighted by atomic mass is 9.91. The largest absolute Gasteiger partial charge is 0.463 e. The van der Waals surface area contributed by atoms with Crippen LogP contribution in [-0.4, -0.2) is 29.9 Å². The van der Waals surface area contributed by atoms with Crippen LogP contribution in [0.25, 0.3) is 0 Å². The first-order valence-corrected chi connectivity index (χ1v) is 6.42. The van der Waals surface area contributed by atoms with Gasteiger partial charge in [0.05, 0.1) is 13.2 Å². The first kappa shape index (κ1) is 15.7.